The van der Waals surface area contributed by atoms with Crippen molar-refractivity contribution in [3.8, 4) is 11.5 Å². The Hall–Kier alpha value is -2.59. The zero-order chi connectivity index (χ0) is 22.4. The van der Waals surface area contributed by atoms with E-state index in [1.54, 1.807) is 13.3 Å². The number of nitrogens with zero attached hydrogens (tertiary/aromatic N) is 4. The molecule has 2 unspecified atom stereocenters. The molecule has 1 aromatic carbocycles. The van der Waals surface area contributed by atoms with Crippen LogP contribution in [0, 0.1) is 0 Å². The molecular weight excluding hydrogens is 434 g/mol. The van der Waals surface area contributed by atoms with E-state index in [1.165, 1.54) is 23.1 Å². The van der Waals surface area contributed by atoms with E-state index in [4.69, 9.17) is 9.47 Å². The molecule has 0 spiro atoms. The molecule has 1 N–H and O–H groups in total. The fourth-order valence-corrected chi connectivity index (χ4v) is 4.61. The molecule has 0 aliphatic carbocycles. The Morgan fingerprint density at radius 3 is 2.68 bits per heavy atom. The third-order valence-corrected chi connectivity index (χ3v) is 6.51. The standard InChI is InChI=1S/C21H27N5O3S2/c1-6-17(19(27)23-20-22-10-11-30-20)31-21-25-24-18(26(21)13(2)3)14(4)29-16-9-7-8-15(12-16)28-5/h7-14,17H,6H2,1-5H3,(H,22,23,27). The van der Waals surface area contributed by atoms with Gasteiger partial charge < -0.3 is 19.4 Å². The zero-order valence-corrected chi connectivity index (χ0v) is 19.9. The molecule has 1 amide bonds. The number of thioether (sulfide) groups is 1. The number of ether oxygens (including phenoxy) is 2. The molecule has 0 saturated carbocycles. The maximum Gasteiger partial charge on any atom is 0.239 e. The van der Waals surface area contributed by atoms with Crippen LogP contribution >= 0.6 is 23.1 Å². The summed E-state index contributed by atoms with van der Waals surface area (Å²) in [6, 6.07) is 7.55. The summed E-state index contributed by atoms with van der Waals surface area (Å²) in [5.41, 5.74) is 0. The largest absolute Gasteiger partial charge is 0.497 e. The molecule has 0 saturated heterocycles. The van der Waals surface area contributed by atoms with Crippen LogP contribution in [0.15, 0.2) is 41.0 Å². The van der Waals surface area contributed by atoms with Gasteiger partial charge in [0.15, 0.2) is 22.2 Å². The average Bonchev–Trinajstić information content (AvgIpc) is 3.41. The van der Waals surface area contributed by atoms with E-state index in [9.17, 15) is 4.79 Å². The highest BCUT2D eigenvalue weighted by molar-refractivity contribution is 8.00. The summed E-state index contributed by atoms with van der Waals surface area (Å²) in [7, 11) is 1.62. The van der Waals surface area contributed by atoms with Gasteiger partial charge >= 0.3 is 0 Å². The summed E-state index contributed by atoms with van der Waals surface area (Å²) in [5.74, 6) is 2.02. The maximum absolute atomic E-state index is 12.7. The van der Waals surface area contributed by atoms with Crippen molar-refractivity contribution in [2.24, 2.45) is 0 Å². The van der Waals surface area contributed by atoms with Crippen molar-refractivity contribution in [2.75, 3.05) is 12.4 Å². The van der Waals surface area contributed by atoms with Crippen molar-refractivity contribution in [3.05, 3.63) is 41.7 Å². The third kappa shape index (κ3) is 5.76. The van der Waals surface area contributed by atoms with Crippen LogP contribution in [0.1, 0.15) is 52.1 Å². The average molecular weight is 462 g/mol. The molecule has 3 rings (SSSR count). The first-order valence-electron chi connectivity index (χ1n) is 10.0. The Balaban J connectivity index is 1.77. The van der Waals surface area contributed by atoms with Crippen molar-refractivity contribution in [1.29, 1.82) is 0 Å². The Morgan fingerprint density at radius 1 is 1.26 bits per heavy atom. The summed E-state index contributed by atoms with van der Waals surface area (Å²) in [5, 5.41) is 14.4. The van der Waals surface area contributed by atoms with Crippen molar-refractivity contribution < 1.29 is 14.3 Å². The minimum atomic E-state index is -0.333. The van der Waals surface area contributed by atoms with Crippen molar-refractivity contribution in [2.45, 2.75) is 56.7 Å². The zero-order valence-electron chi connectivity index (χ0n) is 18.2. The van der Waals surface area contributed by atoms with Crippen LogP contribution in [0.25, 0.3) is 0 Å². The van der Waals surface area contributed by atoms with Gasteiger partial charge in [0, 0.05) is 23.7 Å². The topological polar surface area (TPSA) is 91.2 Å². The van der Waals surface area contributed by atoms with Crippen LogP contribution in [0.4, 0.5) is 5.13 Å². The van der Waals surface area contributed by atoms with Crippen molar-refractivity contribution in [1.82, 2.24) is 19.7 Å². The van der Waals surface area contributed by atoms with Crippen molar-refractivity contribution >= 4 is 34.1 Å². The lowest BCUT2D eigenvalue weighted by atomic mass is 10.3. The number of carbonyl (C=O) groups is 1. The minimum absolute atomic E-state index is 0.0945. The number of rotatable bonds is 10. The van der Waals surface area contributed by atoms with Gasteiger partial charge in [0.2, 0.25) is 5.91 Å². The van der Waals surface area contributed by atoms with E-state index >= 15 is 0 Å². The number of nitrogens with one attached hydrogen (secondary N) is 1. The second-order valence-electron chi connectivity index (χ2n) is 7.08. The molecule has 2 aromatic heterocycles. The third-order valence-electron chi connectivity index (χ3n) is 4.50. The van der Waals surface area contributed by atoms with Gasteiger partial charge in [-0.25, -0.2) is 4.98 Å². The molecule has 2 atom stereocenters. The number of carbonyl (C=O) groups excluding carboxylic acids is 1. The number of aromatic nitrogens is 4. The molecule has 166 valence electrons. The van der Waals surface area contributed by atoms with E-state index in [0.717, 1.165) is 5.75 Å². The summed E-state index contributed by atoms with van der Waals surface area (Å²) in [6.45, 7) is 8.03. The van der Waals surface area contributed by atoms with Crippen LogP contribution in [0.2, 0.25) is 0 Å². The monoisotopic (exact) mass is 461 g/mol. The van der Waals surface area contributed by atoms with E-state index in [0.29, 0.717) is 28.3 Å². The highest BCUT2D eigenvalue weighted by Gasteiger charge is 2.26. The molecule has 10 heteroatoms. The second kappa shape index (κ2) is 10.6. The highest BCUT2D eigenvalue weighted by atomic mass is 32.2. The number of methoxy groups -OCH3 is 1. The van der Waals surface area contributed by atoms with Crippen LogP contribution in [0.3, 0.4) is 0 Å². The lowest BCUT2D eigenvalue weighted by Gasteiger charge is -2.20. The highest BCUT2D eigenvalue weighted by Crippen LogP contribution is 2.32. The fraction of sp³-hybridized carbons (Fsp3) is 0.429. The molecule has 3 aromatic rings. The molecule has 0 aliphatic rings. The van der Waals surface area contributed by atoms with Gasteiger partial charge in [0.25, 0.3) is 0 Å². The predicted octanol–water partition coefficient (Wildman–Crippen LogP) is 4.97. The summed E-state index contributed by atoms with van der Waals surface area (Å²) in [6.07, 6.45) is 1.98. The predicted molar refractivity (Wildman–Crippen MR) is 123 cm³/mol. The molecule has 0 radical (unpaired) electrons. The first kappa shape index (κ1) is 23.1. The number of hydrogen-bond acceptors (Lipinski definition) is 8. The van der Waals surface area contributed by atoms with Gasteiger partial charge in [0.05, 0.1) is 12.4 Å². The summed E-state index contributed by atoms with van der Waals surface area (Å²) >= 11 is 2.80. The van der Waals surface area contributed by atoms with Crippen LogP contribution in [-0.2, 0) is 4.79 Å². The maximum atomic E-state index is 12.7. The first-order valence-corrected chi connectivity index (χ1v) is 11.8. The van der Waals surface area contributed by atoms with Gasteiger partial charge in [0.1, 0.15) is 11.5 Å². The van der Waals surface area contributed by atoms with Crippen LogP contribution < -0.4 is 14.8 Å². The molecule has 8 nitrogen and oxygen atoms in total. The second-order valence-corrected chi connectivity index (χ2v) is 9.15. The lowest BCUT2D eigenvalue weighted by molar-refractivity contribution is -0.115. The minimum Gasteiger partial charge on any atom is -0.497 e. The van der Waals surface area contributed by atoms with Crippen molar-refractivity contribution in [3.63, 3.8) is 0 Å². The number of anilines is 1. The summed E-state index contributed by atoms with van der Waals surface area (Å²) in [4.78, 5) is 16.8. The molecule has 2 heterocycles. The lowest BCUT2D eigenvalue weighted by Crippen LogP contribution is -2.25. The normalized spacial score (nSPS) is 13.1. The smallest absolute Gasteiger partial charge is 0.239 e. The summed E-state index contributed by atoms with van der Waals surface area (Å²) < 4.78 is 13.4. The Bertz CT molecular complexity index is 991. The Morgan fingerprint density at radius 2 is 2.03 bits per heavy atom. The van der Waals surface area contributed by atoms with Crippen LogP contribution in [0.5, 0.6) is 11.5 Å². The molecule has 0 bridgehead atoms. The fourth-order valence-electron chi connectivity index (χ4n) is 2.98. The quantitative estimate of drug-likeness (QED) is 0.426. The van der Waals surface area contributed by atoms with E-state index < -0.39 is 0 Å². The van der Waals surface area contributed by atoms with Gasteiger partial charge in [-0.3, -0.25) is 4.79 Å². The molecular formula is C21H27N5O3S2. The molecule has 0 fully saturated rings. The van der Waals surface area contributed by atoms with E-state index in [1.807, 2.05) is 48.1 Å². The Kier molecular flexibility index (Phi) is 7.91. The Labute approximate surface area is 190 Å². The van der Waals surface area contributed by atoms with Gasteiger partial charge in [-0.1, -0.05) is 24.8 Å². The first-order chi connectivity index (χ1) is 14.9. The van der Waals surface area contributed by atoms with Gasteiger partial charge in [-0.05, 0) is 39.3 Å². The van der Waals surface area contributed by atoms with Crippen LogP contribution in [-0.4, -0.2) is 38.0 Å². The SMILES string of the molecule is CCC(Sc1nnc(C(C)Oc2cccc(OC)c2)n1C(C)C)C(=O)Nc1nccs1. The number of benzene rings is 1. The number of thiazole rings is 1. The van der Waals surface area contributed by atoms with Gasteiger partial charge in [-0.2, -0.15) is 0 Å². The molecule has 31 heavy (non-hydrogen) atoms. The van der Waals surface area contributed by atoms with Gasteiger partial charge in [-0.15, -0.1) is 21.5 Å². The number of amides is 1. The molecule has 0 aliphatic heterocycles. The number of hydrogen-bond donors (Lipinski definition) is 1. The van der Waals surface area contributed by atoms with E-state index in [2.05, 4.69) is 34.3 Å². The van der Waals surface area contributed by atoms with E-state index in [-0.39, 0.29) is 23.3 Å².